The third-order valence-corrected chi connectivity index (χ3v) is 4.48. The van der Waals surface area contributed by atoms with Crippen molar-refractivity contribution in [1.29, 1.82) is 0 Å². The first-order valence-corrected chi connectivity index (χ1v) is 6.44. The van der Waals surface area contributed by atoms with Crippen molar-refractivity contribution in [3.63, 3.8) is 0 Å². The molecule has 2 aliphatic heterocycles. The first kappa shape index (κ1) is 11.4. The van der Waals surface area contributed by atoms with Gasteiger partial charge in [-0.05, 0) is 50.4 Å². The minimum absolute atomic E-state index is 0.375. The Labute approximate surface area is 95.2 Å². The summed E-state index contributed by atoms with van der Waals surface area (Å²) in [6.07, 6.45) is 1.49. The molecular weight excluding hydrogens is 182 g/mol. The first-order chi connectivity index (χ1) is 6.69. The van der Waals surface area contributed by atoms with Crippen molar-refractivity contribution in [3.05, 3.63) is 0 Å². The second-order valence-corrected chi connectivity index (χ2v) is 7.72. The highest BCUT2D eigenvalue weighted by atomic mass is 15.2. The Balaban J connectivity index is 2.03. The lowest BCUT2D eigenvalue weighted by Crippen LogP contribution is -2.62. The second-order valence-electron chi connectivity index (χ2n) is 7.72. The Kier molecular flexibility index (Phi) is 2.46. The fourth-order valence-corrected chi connectivity index (χ4v) is 3.85. The van der Waals surface area contributed by atoms with Crippen LogP contribution in [-0.2, 0) is 0 Å². The molecule has 88 valence electrons. The van der Waals surface area contributed by atoms with Crippen LogP contribution in [0.15, 0.2) is 0 Å². The maximum atomic E-state index is 2.69. The van der Waals surface area contributed by atoms with E-state index in [4.69, 9.17) is 0 Å². The largest absolute Gasteiger partial charge is 0.298 e. The molecule has 1 saturated carbocycles. The van der Waals surface area contributed by atoms with Crippen LogP contribution in [0.4, 0.5) is 0 Å². The highest BCUT2D eigenvalue weighted by Crippen LogP contribution is 2.54. The zero-order chi connectivity index (χ0) is 11.4. The Bertz CT molecular complexity index is 231. The summed E-state index contributed by atoms with van der Waals surface area (Å²) < 4.78 is 0. The number of piperidine rings is 2. The van der Waals surface area contributed by atoms with E-state index in [2.05, 4.69) is 46.4 Å². The summed E-state index contributed by atoms with van der Waals surface area (Å²) in [5.41, 5.74) is 0.900. The van der Waals surface area contributed by atoms with Crippen LogP contribution in [-0.4, -0.2) is 23.5 Å². The van der Waals surface area contributed by atoms with Crippen LogP contribution >= 0.6 is 0 Å². The summed E-state index contributed by atoms with van der Waals surface area (Å²) in [5, 5.41) is 0. The Morgan fingerprint density at radius 3 is 1.67 bits per heavy atom. The van der Waals surface area contributed by atoms with Gasteiger partial charge in [0.1, 0.15) is 0 Å². The van der Waals surface area contributed by atoms with Gasteiger partial charge >= 0.3 is 0 Å². The third-order valence-electron chi connectivity index (χ3n) is 4.48. The van der Waals surface area contributed by atoms with E-state index in [1.54, 1.807) is 0 Å². The maximum absolute atomic E-state index is 2.69. The SMILES string of the molecule is CC(C)(C)C1C2CC1CN(C(C)(C)C)C2. The van der Waals surface area contributed by atoms with Gasteiger partial charge in [-0.25, -0.2) is 0 Å². The van der Waals surface area contributed by atoms with Gasteiger partial charge in [-0.1, -0.05) is 20.8 Å². The minimum Gasteiger partial charge on any atom is -0.298 e. The van der Waals surface area contributed by atoms with Gasteiger partial charge in [0.25, 0.3) is 0 Å². The number of hydrogen-bond acceptors (Lipinski definition) is 1. The summed E-state index contributed by atoms with van der Waals surface area (Å²) in [6.45, 7) is 17.0. The molecule has 2 atom stereocenters. The lowest BCUT2D eigenvalue weighted by molar-refractivity contribution is -0.119. The van der Waals surface area contributed by atoms with E-state index in [0.29, 0.717) is 11.0 Å². The van der Waals surface area contributed by atoms with Gasteiger partial charge < -0.3 is 0 Å². The summed E-state index contributed by atoms with van der Waals surface area (Å²) in [7, 11) is 0. The van der Waals surface area contributed by atoms with Crippen molar-refractivity contribution in [2.45, 2.75) is 53.5 Å². The van der Waals surface area contributed by atoms with Crippen molar-refractivity contribution >= 4 is 0 Å². The Morgan fingerprint density at radius 1 is 0.867 bits per heavy atom. The molecule has 0 amide bonds. The number of rotatable bonds is 0. The summed E-state index contributed by atoms with van der Waals surface area (Å²) in [4.78, 5) is 2.69. The standard InChI is InChI=1S/C14H27N/c1-13(2,3)12-10-7-11(12)9-15(8-10)14(4,5)6/h10-12H,7-9H2,1-6H3. The lowest BCUT2D eigenvalue weighted by Gasteiger charge is -2.61. The van der Waals surface area contributed by atoms with Crippen LogP contribution in [0.1, 0.15) is 48.0 Å². The zero-order valence-corrected chi connectivity index (χ0v) is 11.3. The van der Waals surface area contributed by atoms with Gasteiger partial charge in [-0.3, -0.25) is 4.90 Å². The predicted molar refractivity (Wildman–Crippen MR) is 65.9 cm³/mol. The average molecular weight is 209 g/mol. The summed E-state index contributed by atoms with van der Waals surface area (Å²) in [5.74, 6) is 2.93. The van der Waals surface area contributed by atoms with Crippen LogP contribution < -0.4 is 0 Å². The zero-order valence-electron chi connectivity index (χ0n) is 11.3. The topological polar surface area (TPSA) is 3.24 Å². The highest BCUT2D eigenvalue weighted by Gasteiger charge is 2.52. The van der Waals surface area contributed by atoms with Gasteiger partial charge in [-0.2, -0.15) is 0 Å². The molecule has 15 heavy (non-hydrogen) atoms. The molecule has 2 heterocycles. The molecule has 2 saturated heterocycles. The molecule has 0 N–H and O–H groups in total. The molecule has 0 aromatic heterocycles. The maximum Gasteiger partial charge on any atom is 0.0125 e. The second kappa shape index (κ2) is 3.23. The third kappa shape index (κ3) is 1.95. The van der Waals surface area contributed by atoms with E-state index in [0.717, 1.165) is 17.8 Å². The average Bonchev–Trinajstić information content (AvgIpc) is 1.99. The van der Waals surface area contributed by atoms with Gasteiger partial charge in [-0.15, -0.1) is 0 Å². The van der Waals surface area contributed by atoms with Crippen LogP contribution in [0.2, 0.25) is 0 Å². The molecule has 1 heteroatoms. The number of fused-ring (bicyclic) bond motifs is 2. The van der Waals surface area contributed by atoms with Crippen LogP contribution in [0.25, 0.3) is 0 Å². The highest BCUT2D eigenvalue weighted by molar-refractivity contribution is 5.03. The molecule has 0 aromatic carbocycles. The molecular formula is C14H27N. The predicted octanol–water partition coefficient (Wildman–Crippen LogP) is 3.40. The van der Waals surface area contributed by atoms with Gasteiger partial charge in [0.15, 0.2) is 0 Å². The number of hydrogen-bond donors (Lipinski definition) is 0. The van der Waals surface area contributed by atoms with Crippen LogP contribution in [0.5, 0.6) is 0 Å². The molecule has 2 unspecified atom stereocenters. The Hall–Kier alpha value is -0.0400. The molecule has 0 radical (unpaired) electrons. The first-order valence-electron chi connectivity index (χ1n) is 6.44. The van der Waals surface area contributed by atoms with Crippen molar-refractivity contribution < 1.29 is 0 Å². The number of nitrogens with zero attached hydrogens (tertiary/aromatic N) is 1. The lowest BCUT2D eigenvalue weighted by atomic mass is 9.52. The van der Waals surface area contributed by atoms with Crippen molar-refractivity contribution in [3.8, 4) is 0 Å². The van der Waals surface area contributed by atoms with E-state index in [9.17, 15) is 0 Å². The smallest absolute Gasteiger partial charge is 0.0125 e. The molecule has 0 aromatic rings. The van der Waals surface area contributed by atoms with Gasteiger partial charge in [0.2, 0.25) is 0 Å². The quantitative estimate of drug-likeness (QED) is 0.591. The fourth-order valence-electron chi connectivity index (χ4n) is 3.85. The Morgan fingerprint density at radius 2 is 1.33 bits per heavy atom. The molecule has 3 aliphatic rings. The van der Waals surface area contributed by atoms with Crippen LogP contribution in [0.3, 0.4) is 0 Å². The normalized spacial score (nSPS) is 37.6. The van der Waals surface area contributed by atoms with E-state index < -0.39 is 0 Å². The van der Waals surface area contributed by atoms with Crippen molar-refractivity contribution in [2.24, 2.45) is 23.2 Å². The van der Waals surface area contributed by atoms with Crippen molar-refractivity contribution in [2.75, 3.05) is 13.1 Å². The van der Waals surface area contributed by atoms with E-state index in [-0.39, 0.29) is 0 Å². The molecule has 1 nitrogen and oxygen atoms in total. The van der Waals surface area contributed by atoms with E-state index in [1.165, 1.54) is 19.5 Å². The van der Waals surface area contributed by atoms with Crippen LogP contribution in [0, 0.1) is 23.2 Å². The molecule has 0 spiro atoms. The molecule has 3 fully saturated rings. The molecule has 2 bridgehead atoms. The fraction of sp³-hybridized carbons (Fsp3) is 1.00. The molecule has 1 aliphatic carbocycles. The monoisotopic (exact) mass is 209 g/mol. The van der Waals surface area contributed by atoms with Crippen molar-refractivity contribution in [1.82, 2.24) is 4.90 Å². The summed E-state index contributed by atoms with van der Waals surface area (Å²) in [6, 6.07) is 0. The van der Waals surface area contributed by atoms with E-state index >= 15 is 0 Å². The van der Waals surface area contributed by atoms with Gasteiger partial charge in [0, 0.05) is 18.6 Å². The van der Waals surface area contributed by atoms with Gasteiger partial charge in [0.05, 0.1) is 0 Å². The van der Waals surface area contributed by atoms with E-state index in [1.807, 2.05) is 0 Å². The summed E-state index contributed by atoms with van der Waals surface area (Å²) >= 11 is 0. The molecule has 3 rings (SSSR count). The minimum atomic E-state index is 0.375.